The van der Waals surface area contributed by atoms with Crippen LogP contribution >= 0.6 is 0 Å². The van der Waals surface area contributed by atoms with Crippen molar-refractivity contribution in [3.8, 4) is 0 Å². The van der Waals surface area contributed by atoms with Crippen molar-refractivity contribution < 1.29 is 0 Å². The van der Waals surface area contributed by atoms with Gasteiger partial charge in [-0.1, -0.05) is 0 Å². The highest BCUT2D eigenvalue weighted by molar-refractivity contribution is 4.61. The first-order valence-corrected chi connectivity index (χ1v) is 7.47. The van der Waals surface area contributed by atoms with E-state index in [1.165, 1.54) is 0 Å². The van der Waals surface area contributed by atoms with Gasteiger partial charge in [0, 0.05) is 59.4 Å². The quantitative estimate of drug-likeness (QED) is 0.373. The van der Waals surface area contributed by atoms with Crippen molar-refractivity contribution in [3.05, 3.63) is 0 Å². The third kappa shape index (κ3) is 12.8. The van der Waals surface area contributed by atoms with E-state index in [9.17, 15) is 0 Å². The Balaban J connectivity index is 3.59. The highest BCUT2D eigenvalue weighted by Gasteiger charge is 2.05. The van der Waals surface area contributed by atoms with E-state index in [4.69, 9.17) is 5.84 Å². The summed E-state index contributed by atoms with van der Waals surface area (Å²) in [6.45, 7) is 8.61. The van der Waals surface area contributed by atoms with Crippen molar-refractivity contribution in [2.24, 2.45) is 5.84 Å². The second-order valence-corrected chi connectivity index (χ2v) is 6.19. The van der Waals surface area contributed by atoms with Gasteiger partial charge in [0.15, 0.2) is 0 Å². The molecule has 20 heavy (non-hydrogen) atoms. The lowest BCUT2D eigenvalue weighted by Gasteiger charge is -2.25. The zero-order chi connectivity index (χ0) is 15.5. The molecule has 122 valence electrons. The van der Waals surface area contributed by atoms with Gasteiger partial charge in [0.05, 0.1) is 0 Å². The normalized spacial score (nSPS) is 12.6. The Morgan fingerprint density at radius 2 is 0.800 bits per heavy atom. The predicted molar refractivity (Wildman–Crippen MR) is 87.9 cm³/mol. The van der Waals surface area contributed by atoms with Crippen LogP contribution in [0.15, 0.2) is 0 Å². The van der Waals surface area contributed by atoms with E-state index in [-0.39, 0.29) is 0 Å². The van der Waals surface area contributed by atoms with Crippen molar-refractivity contribution >= 4 is 0 Å². The Bertz CT molecular complexity index is 200. The van der Waals surface area contributed by atoms with Gasteiger partial charge >= 0.3 is 0 Å². The Morgan fingerprint density at radius 1 is 0.500 bits per heavy atom. The summed E-state index contributed by atoms with van der Waals surface area (Å²) in [5, 5.41) is 1.74. The second kappa shape index (κ2) is 11.4. The average molecular weight is 288 g/mol. The molecule has 0 rings (SSSR count). The summed E-state index contributed by atoms with van der Waals surface area (Å²) in [4.78, 5) is 9.34. The van der Waals surface area contributed by atoms with E-state index in [0.29, 0.717) is 0 Å². The molecule has 0 aliphatic carbocycles. The smallest absolute Gasteiger partial charge is 0.0253 e. The molecule has 0 radical (unpaired) electrons. The topological polar surface area (TPSA) is 42.2 Å². The van der Waals surface area contributed by atoms with Crippen LogP contribution in [0.25, 0.3) is 0 Å². The maximum Gasteiger partial charge on any atom is 0.0253 e. The van der Waals surface area contributed by atoms with Crippen LogP contribution in [-0.4, -0.2) is 119 Å². The van der Waals surface area contributed by atoms with Crippen molar-refractivity contribution in [1.82, 2.24) is 24.6 Å². The van der Waals surface area contributed by atoms with Gasteiger partial charge in [0.2, 0.25) is 0 Å². The van der Waals surface area contributed by atoms with Crippen molar-refractivity contribution in [2.45, 2.75) is 0 Å². The predicted octanol–water partition coefficient (Wildman–Crippen LogP) is -0.851. The van der Waals surface area contributed by atoms with Gasteiger partial charge in [0.1, 0.15) is 0 Å². The van der Waals surface area contributed by atoms with Crippen molar-refractivity contribution in [2.75, 3.05) is 94.6 Å². The van der Waals surface area contributed by atoms with Crippen LogP contribution in [0.5, 0.6) is 0 Å². The number of nitrogens with zero attached hydrogens (tertiary/aromatic N) is 5. The fourth-order valence-corrected chi connectivity index (χ4v) is 1.72. The average Bonchev–Trinajstić information content (AvgIpc) is 2.37. The van der Waals surface area contributed by atoms with Gasteiger partial charge in [-0.05, 0) is 35.2 Å². The number of nitrogens with two attached hydrogens (primary N) is 1. The maximum atomic E-state index is 5.61. The van der Waals surface area contributed by atoms with E-state index in [1.54, 1.807) is 5.01 Å². The Labute approximate surface area is 126 Å². The lowest BCUT2D eigenvalue weighted by molar-refractivity contribution is 0.206. The molecular weight excluding hydrogens is 252 g/mol. The SMILES string of the molecule is CN(C)CCN(C)CCN(C)CCN(C)CCN(C)N. The van der Waals surface area contributed by atoms with E-state index in [1.807, 2.05) is 7.05 Å². The second-order valence-electron chi connectivity index (χ2n) is 6.19. The molecule has 0 bridgehead atoms. The molecule has 6 heteroatoms. The highest BCUT2D eigenvalue weighted by Crippen LogP contribution is 1.90. The lowest BCUT2D eigenvalue weighted by Crippen LogP contribution is -2.39. The zero-order valence-electron chi connectivity index (χ0n) is 14.5. The van der Waals surface area contributed by atoms with Crippen molar-refractivity contribution in [3.63, 3.8) is 0 Å². The monoisotopic (exact) mass is 288 g/mol. The first-order valence-electron chi connectivity index (χ1n) is 7.47. The fraction of sp³-hybridized carbons (Fsp3) is 1.00. The summed E-state index contributed by atoms with van der Waals surface area (Å²) < 4.78 is 0. The molecule has 0 aromatic rings. The molecule has 0 amide bonds. The standard InChI is InChI=1S/C14H36N6/c1-16(2)7-8-17(3)9-10-18(4)11-12-19(5)13-14-20(6)15/h7-15H2,1-6H3. The Hall–Kier alpha value is -0.240. The Kier molecular flexibility index (Phi) is 11.3. The van der Waals surface area contributed by atoms with Crippen LogP contribution in [0, 0.1) is 0 Å². The van der Waals surface area contributed by atoms with Crippen LogP contribution < -0.4 is 5.84 Å². The summed E-state index contributed by atoms with van der Waals surface area (Å²) in [6, 6.07) is 0. The zero-order valence-corrected chi connectivity index (χ0v) is 14.5. The molecule has 0 fully saturated rings. The van der Waals surface area contributed by atoms with Crippen LogP contribution in [-0.2, 0) is 0 Å². The summed E-state index contributed by atoms with van der Waals surface area (Å²) in [5.41, 5.74) is 0. The van der Waals surface area contributed by atoms with Gasteiger partial charge in [-0.15, -0.1) is 0 Å². The lowest BCUT2D eigenvalue weighted by atomic mass is 10.4. The molecule has 0 saturated heterocycles. The van der Waals surface area contributed by atoms with Crippen molar-refractivity contribution in [1.29, 1.82) is 0 Å². The highest BCUT2D eigenvalue weighted by atomic mass is 15.4. The molecule has 0 aliphatic heterocycles. The summed E-state index contributed by atoms with van der Waals surface area (Å²) in [5.74, 6) is 5.61. The minimum absolute atomic E-state index is 0.910. The van der Waals surface area contributed by atoms with Crippen LogP contribution in [0.1, 0.15) is 0 Å². The molecule has 0 heterocycles. The summed E-state index contributed by atoms with van der Waals surface area (Å²) >= 11 is 0. The number of hydrazine groups is 1. The number of likely N-dealkylation sites (N-methyl/N-ethyl adjacent to an activating group) is 5. The minimum atomic E-state index is 0.910. The molecule has 6 nitrogen and oxygen atoms in total. The van der Waals surface area contributed by atoms with Gasteiger partial charge in [-0.25, -0.2) is 5.01 Å². The summed E-state index contributed by atoms with van der Waals surface area (Å²) in [6.07, 6.45) is 0. The van der Waals surface area contributed by atoms with Gasteiger partial charge in [-0.2, -0.15) is 0 Å². The number of rotatable bonds is 12. The van der Waals surface area contributed by atoms with Crippen LogP contribution in [0.2, 0.25) is 0 Å². The molecule has 0 spiro atoms. The third-order valence-electron chi connectivity index (χ3n) is 3.49. The van der Waals surface area contributed by atoms with E-state index >= 15 is 0 Å². The maximum absolute atomic E-state index is 5.61. The fourth-order valence-electron chi connectivity index (χ4n) is 1.72. The molecule has 0 unspecified atom stereocenters. The first kappa shape index (κ1) is 19.8. The minimum Gasteiger partial charge on any atom is -0.308 e. The molecule has 0 aliphatic rings. The van der Waals surface area contributed by atoms with E-state index < -0.39 is 0 Å². The molecule has 0 aromatic heterocycles. The van der Waals surface area contributed by atoms with Gasteiger partial charge in [-0.3, -0.25) is 5.84 Å². The van der Waals surface area contributed by atoms with Crippen LogP contribution in [0.3, 0.4) is 0 Å². The molecular formula is C14H36N6. The largest absolute Gasteiger partial charge is 0.308 e. The molecule has 0 aromatic carbocycles. The van der Waals surface area contributed by atoms with E-state index in [2.05, 4.69) is 54.8 Å². The molecule has 0 atom stereocenters. The summed E-state index contributed by atoms with van der Waals surface area (Å²) in [7, 11) is 12.7. The van der Waals surface area contributed by atoms with Gasteiger partial charge in [0.25, 0.3) is 0 Å². The van der Waals surface area contributed by atoms with Gasteiger partial charge < -0.3 is 19.6 Å². The number of hydrogen-bond acceptors (Lipinski definition) is 6. The molecule has 0 saturated carbocycles. The first-order chi connectivity index (χ1) is 9.31. The Morgan fingerprint density at radius 3 is 1.10 bits per heavy atom. The van der Waals surface area contributed by atoms with Crippen LogP contribution in [0.4, 0.5) is 0 Å². The third-order valence-corrected chi connectivity index (χ3v) is 3.49. The molecule has 2 N–H and O–H groups in total. The number of hydrogen-bond donors (Lipinski definition) is 1. The van der Waals surface area contributed by atoms with E-state index in [0.717, 1.165) is 52.4 Å².